The smallest absolute Gasteiger partial charge is 0.303 e. The third-order valence-corrected chi connectivity index (χ3v) is 4.11. The molecule has 0 spiro atoms. The Hall–Kier alpha value is -0.830. The summed E-state index contributed by atoms with van der Waals surface area (Å²) in [4.78, 5) is 10.4. The lowest BCUT2D eigenvalue weighted by Crippen LogP contribution is -2.06. The number of carbonyl (C=O) groups is 1. The first kappa shape index (κ1) is 22.2. The van der Waals surface area contributed by atoms with Gasteiger partial charge < -0.3 is 9.84 Å². The molecule has 0 aromatic rings. The van der Waals surface area contributed by atoms with Crippen molar-refractivity contribution in [3.63, 3.8) is 0 Å². The second kappa shape index (κ2) is 17.5. The van der Waals surface area contributed by atoms with Crippen LogP contribution in [0.25, 0.3) is 0 Å². The van der Waals surface area contributed by atoms with Crippen LogP contribution in [-0.4, -0.2) is 23.8 Å². The summed E-state index contributed by atoms with van der Waals surface area (Å²) in [6.07, 6.45) is 19.7. The molecule has 3 nitrogen and oxygen atoms in total. The van der Waals surface area contributed by atoms with Crippen LogP contribution < -0.4 is 0 Å². The van der Waals surface area contributed by atoms with Crippen LogP contribution in [-0.2, 0) is 9.53 Å². The van der Waals surface area contributed by atoms with Crippen molar-refractivity contribution in [2.45, 2.75) is 103 Å². The van der Waals surface area contributed by atoms with E-state index in [9.17, 15) is 4.79 Å². The van der Waals surface area contributed by atoms with Gasteiger partial charge in [-0.1, -0.05) is 50.7 Å². The maximum Gasteiger partial charge on any atom is 0.303 e. The van der Waals surface area contributed by atoms with Gasteiger partial charge in [0.05, 0.1) is 6.10 Å². The van der Waals surface area contributed by atoms with E-state index in [1.807, 2.05) is 0 Å². The molecule has 0 radical (unpaired) electrons. The standard InChI is InChI=1S/C20H38O3/c1-3-23-19(2)17-15-13-11-9-7-5-4-6-8-10-12-14-16-18-20(21)22/h7,9,19H,3-6,8,10-18H2,1-2H3,(H,21,22)/b9-7-. The van der Waals surface area contributed by atoms with Gasteiger partial charge in [-0.2, -0.15) is 0 Å². The van der Waals surface area contributed by atoms with E-state index in [1.165, 1.54) is 64.2 Å². The van der Waals surface area contributed by atoms with Gasteiger partial charge in [-0.15, -0.1) is 0 Å². The third kappa shape index (κ3) is 19.1. The van der Waals surface area contributed by atoms with Gasteiger partial charge in [0.25, 0.3) is 0 Å². The summed E-state index contributed by atoms with van der Waals surface area (Å²) in [6, 6.07) is 0. The summed E-state index contributed by atoms with van der Waals surface area (Å²) in [6.45, 7) is 5.04. The van der Waals surface area contributed by atoms with Crippen LogP contribution >= 0.6 is 0 Å². The van der Waals surface area contributed by atoms with Crippen LogP contribution in [0.15, 0.2) is 12.2 Å². The monoisotopic (exact) mass is 326 g/mol. The van der Waals surface area contributed by atoms with Crippen molar-refractivity contribution in [2.75, 3.05) is 6.61 Å². The highest BCUT2D eigenvalue weighted by atomic mass is 16.5. The lowest BCUT2D eigenvalue weighted by molar-refractivity contribution is -0.137. The Morgan fingerprint density at radius 3 is 2.00 bits per heavy atom. The number of unbranched alkanes of at least 4 members (excludes halogenated alkanes) is 9. The Morgan fingerprint density at radius 1 is 0.913 bits per heavy atom. The fourth-order valence-electron chi connectivity index (χ4n) is 2.72. The van der Waals surface area contributed by atoms with Crippen LogP contribution in [0.4, 0.5) is 0 Å². The number of ether oxygens (including phenoxy) is 1. The summed E-state index contributed by atoms with van der Waals surface area (Å²) in [5.74, 6) is -0.666. The van der Waals surface area contributed by atoms with Crippen LogP contribution in [0, 0.1) is 0 Å². The summed E-state index contributed by atoms with van der Waals surface area (Å²) in [5, 5.41) is 8.54. The van der Waals surface area contributed by atoms with Crippen molar-refractivity contribution < 1.29 is 14.6 Å². The van der Waals surface area contributed by atoms with Crippen molar-refractivity contribution in [1.82, 2.24) is 0 Å². The Morgan fingerprint density at radius 2 is 1.43 bits per heavy atom. The first-order valence-electron chi connectivity index (χ1n) is 9.65. The molecule has 136 valence electrons. The van der Waals surface area contributed by atoms with Crippen LogP contribution in [0.2, 0.25) is 0 Å². The molecule has 0 saturated heterocycles. The molecule has 0 aromatic heterocycles. The zero-order chi connectivity index (χ0) is 17.2. The minimum Gasteiger partial charge on any atom is -0.481 e. The van der Waals surface area contributed by atoms with Crippen molar-refractivity contribution in [3.8, 4) is 0 Å². The van der Waals surface area contributed by atoms with Gasteiger partial charge in [0.1, 0.15) is 0 Å². The van der Waals surface area contributed by atoms with Gasteiger partial charge in [-0.3, -0.25) is 4.79 Å². The molecule has 1 N–H and O–H groups in total. The summed E-state index contributed by atoms with van der Waals surface area (Å²) < 4.78 is 5.52. The number of carboxylic acid groups (broad SMARTS) is 1. The number of rotatable bonds is 17. The average Bonchev–Trinajstić information content (AvgIpc) is 2.51. The lowest BCUT2D eigenvalue weighted by Gasteiger charge is -2.10. The van der Waals surface area contributed by atoms with Crippen LogP contribution in [0.3, 0.4) is 0 Å². The molecule has 0 amide bonds. The van der Waals surface area contributed by atoms with Crippen LogP contribution in [0.1, 0.15) is 97.3 Å². The summed E-state index contributed by atoms with van der Waals surface area (Å²) in [7, 11) is 0. The quantitative estimate of drug-likeness (QED) is 0.258. The number of aliphatic carboxylic acids is 1. The molecule has 1 atom stereocenters. The fraction of sp³-hybridized carbons (Fsp3) is 0.850. The molecule has 0 aliphatic heterocycles. The van der Waals surface area contributed by atoms with Gasteiger partial charge in [-0.05, 0) is 52.4 Å². The minimum absolute atomic E-state index is 0.329. The first-order chi connectivity index (χ1) is 11.2. The van der Waals surface area contributed by atoms with E-state index in [0.717, 1.165) is 19.4 Å². The second-order valence-electron chi connectivity index (χ2n) is 6.43. The molecule has 23 heavy (non-hydrogen) atoms. The molecule has 3 heteroatoms. The second-order valence-corrected chi connectivity index (χ2v) is 6.43. The van der Waals surface area contributed by atoms with E-state index in [1.54, 1.807) is 0 Å². The van der Waals surface area contributed by atoms with Crippen molar-refractivity contribution in [3.05, 3.63) is 12.2 Å². The SMILES string of the molecule is CCOC(C)CCCC/C=C\CCCCCCCCCC(=O)O. The molecule has 0 aliphatic rings. The molecule has 0 heterocycles. The maximum atomic E-state index is 10.4. The molecule has 1 unspecified atom stereocenters. The van der Waals surface area contributed by atoms with Crippen molar-refractivity contribution in [2.24, 2.45) is 0 Å². The Bertz CT molecular complexity index is 287. The fourth-order valence-corrected chi connectivity index (χ4v) is 2.72. The van der Waals surface area contributed by atoms with E-state index in [2.05, 4.69) is 26.0 Å². The van der Waals surface area contributed by atoms with Gasteiger partial charge in [-0.25, -0.2) is 0 Å². The van der Waals surface area contributed by atoms with Crippen molar-refractivity contribution in [1.29, 1.82) is 0 Å². The van der Waals surface area contributed by atoms with E-state index in [0.29, 0.717) is 12.5 Å². The zero-order valence-electron chi connectivity index (χ0n) is 15.4. The normalized spacial score (nSPS) is 12.8. The summed E-state index contributed by atoms with van der Waals surface area (Å²) >= 11 is 0. The maximum absolute atomic E-state index is 10.4. The molecular formula is C20H38O3. The highest BCUT2D eigenvalue weighted by molar-refractivity contribution is 5.66. The Kier molecular flexibility index (Phi) is 16.9. The number of allylic oxidation sites excluding steroid dienone is 2. The highest BCUT2D eigenvalue weighted by Gasteiger charge is 1.99. The predicted octanol–water partition coefficient (Wildman–Crippen LogP) is 6.12. The number of hydrogen-bond donors (Lipinski definition) is 1. The Labute approximate surface area is 143 Å². The largest absolute Gasteiger partial charge is 0.481 e. The average molecular weight is 327 g/mol. The molecule has 0 bridgehead atoms. The Balaban J connectivity index is 3.15. The summed E-state index contributed by atoms with van der Waals surface area (Å²) in [5.41, 5.74) is 0. The van der Waals surface area contributed by atoms with Crippen molar-refractivity contribution >= 4 is 5.97 Å². The van der Waals surface area contributed by atoms with Gasteiger partial charge >= 0.3 is 5.97 Å². The number of carboxylic acids is 1. The molecule has 0 saturated carbocycles. The predicted molar refractivity (Wildman–Crippen MR) is 97.9 cm³/mol. The van der Waals surface area contributed by atoms with Crippen LogP contribution in [0.5, 0.6) is 0 Å². The zero-order valence-corrected chi connectivity index (χ0v) is 15.4. The topological polar surface area (TPSA) is 46.5 Å². The van der Waals surface area contributed by atoms with E-state index >= 15 is 0 Å². The lowest BCUT2D eigenvalue weighted by atomic mass is 10.1. The molecular weight excluding hydrogens is 288 g/mol. The van der Waals surface area contributed by atoms with Gasteiger partial charge in [0.2, 0.25) is 0 Å². The molecule has 0 aliphatic carbocycles. The van der Waals surface area contributed by atoms with Gasteiger partial charge in [0, 0.05) is 13.0 Å². The van der Waals surface area contributed by atoms with Gasteiger partial charge in [0.15, 0.2) is 0 Å². The molecule has 0 aromatic carbocycles. The minimum atomic E-state index is -0.666. The highest BCUT2D eigenvalue weighted by Crippen LogP contribution is 2.11. The molecule has 0 fully saturated rings. The number of hydrogen-bond acceptors (Lipinski definition) is 2. The third-order valence-electron chi connectivity index (χ3n) is 4.11. The molecule has 0 rings (SSSR count). The van der Waals surface area contributed by atoms with E-state index < -0.39 is 5.97 Å². The first-order valence-corrected chi connectivity index (χ1v) is 9.65. The van der Waals surface area contributed by atoms with E-state index in [-0.39, 0.29) is 0 Å². The van der Waals surface area contributed by atoms with E-state index in [4.69, 9.17) is 9.84 Å².